The number of nitrogens with zero attached hydrogens (tertiary/aromatic N) is 4. The fraction of sp³-hybridized carbons (Fsp3) is 0.319. The summed E-state index contributed by atoms with van der Waals surface area (Å²) >= 11 is 0. The van der Waals surface area contributed by atoms with E-state index in [4.69, 9.17) is 19.2 Å². The predicted molar refractivity (Wildman–Crippen MR) is 232 cm³/mol. The molecular formula is C47H50N8O7. The number of benzene rings is 4. The highest BCUT2D eigenvalue weighted by molar-refractivity contribution is 5.91. The third kappa shape index (κ3) is 8.75. The molecule has 2 aliphatic rings. The smallest absolute Gasteiger partial charge is 0.407 e. The van der Waals surface area contributed by atoms with E-state index < -0.39 is 30.3 Å². The molecule has 0 spiro atoms. The van der Waals surface area contributed by atoms with E-state index in [1.807, 2.05) is 50.2 Å². The van der Waals surface area contributed by atoms with Gasteiger partial charge in [0.15, 0.2) is 0 Å². The predicted octanol–water partition coefficient (Wildman–Crippen LogP) is 7.33. The number of rotatable bonds is 11. The van der Waals surface area contributed by atoms with E-state index >= 15 is 0 Å². The van der Waals surface area contributed by atoms with E-state index in [1.165, 1.54) is 14.2 Å². The van der Waals surface area contributed by atoms with Crippen LogP contribution in [0.4, 0.5) is 9.59 Å². The van der Waals surface area contributed by atoms with Crippen molar-refractivity contribution in [2.45, 2.75) is 50.9 Å². The highest BCUT2D eigenvalue weighted by Gasteiger charge is 2.38. The van der Waals surface area contributed by atoms with Gasteiger partial charge in [-0.05, 0) is 63.9 Å². The van der Waals surface area contributed by atoms with Crippen molar-refractivity contribution in [3.8, 4) is 33.6 Å². The molecule has 2 fully saturated rings. The van der Waals surface area contributed by atoms with Gasteiger partial charge in [0, 0.05) is 18.7 Å². The highest BCUT2D eigenvalue weighted by Crippen LogP contribution is 2.35. The van der Waals surface area contributed by atoms with E-state index in [0.717, 1.165) is 57.3 Å². The Morgan fingerprint density at radius 2 is 1.27 bits per heavy atom. The van der Waals surface area contributed by atoms with Gasteiger partial charge in [0.2, 0.25) is 5.91 Å². The molecule has 4 amide bonds. The van der Waals surface area contributed by atoms with Crippen molar-refractivity contribution < 1.29 is 33.4 Å². The lowest BCUT2D eigenvalue weighted by Gasteiger charge is -2.37. The van der Waals surface area contributed by atoms with Gasteiger partial charge in [-0.25, -0.2) is 19.6 Å². The first-order valence-electron chi connectivity index (χ1n) is 20.8. The average molecular weight is 839 g/mol. The van der Waals surface area contributed by atoms with E-state index in [-0.39, 0.29) is 30.4 Å². The zero-order valence-corrected chi connectivity index (χ0v) is 35.1. The monoisotopic (exact) mass is 838 g/mol. The molecule has 0 saturated carbocycles. The molecule has 320 valence electrons. The minimum atomic E-state index is -0.884. The van der Waals surface area contributed by atoms with Gasteiger partial charge >= 0.3 is 12.2 Å². The molecule has 15 heteroatoms. The average Bonchev–Trinajstić information content (AvgIpc) is 4.12. The number of nitrogens with one attached hydrogen (secondary N) is 4. The van der Waals surface area contributed by atoms with Gasteiger partial charge in [-0.3, -0.25) is 9.59 Å². The maximum Gasteiger partial charge on any atom is 0.407 e. The summed E-state index contributed by atoms with van der Waals surface area (Å²) in [7, 11) is 2.56. The molecule has 15 nitrogen and oxygen atoms in total. The maximum atomic E-state index is 13.9. The number of carbonyl (C=O) groups excluding carboxylic acids is 4. The number of hydrogen-bond donors (Lipinski definition) is 4. The van der Waals surface area contributed by atoms with Crippen LogP contribution in [0.5, 0.6) is 0 Å². The SMILES string of the molecule is COC(=O)NC(C(=O)N1CCCC1c1ncc(-c2ccc(-c3ccc4cc(-c5cnc(C6COCCN6C(=O)C(NC(=O)OC)C(C)C)[nH]5)ccc4c3)cc2)[nH]1)c1ccccc1. The van der Waals surface area contributed by atoms with Gasteiger partial charge in [0.1, 0.15) is 29.8 Å². The topological polar surface area (TPSA) is 184 Å². The van der Waals surface area contributed by atoms with Crippen molar-refractivity contribution >= 4 is 34.8 Å². The Morgan fingerprint density at radius 1 is 0.694 bits per heavy atom. The molecule has 4 heterocycles. The quantitative estimate of drug-likeness (QED) is 0.104. The Balaban J connectivity index is 0.948. The summed E-state index contributed by atoms with van der Waals surface area (Å²) in [5.41, 5.74) is 6.39. The lowest BCUT2D eigenvalue weighted by molar-refractivity contribution is -0.143. The largest absolute Gasteiger partial charge is 0.453 e. The maximum absolute atomic E-state index is 13.9. The molecule has 4 aromatic carbocycles. The van der Waals surface area contributed by atoms with Gasteiger partial charge in [-0.2, -0.15) is 0 Å². The molecule has 2 aromatic heterocycles. The zero-order chi connectivity index (χ0) is 43.3. The van der Waals surface area contributed by atoms with Crippen molar-refractivity contribution in [2.75, 3.05) is 40.5 Å². The van der Waals surface area contributed by atoms with Crippen molar-refractivity contribution in [1.82, 2.24) is 40.4 Å². The summed E-state index contributed by atoms with van der Waals surface area (Å²) in [6.45, 7) is 5.35. The molecule has 8 rings (SSSR count). The minimum absolute atomic E-state index is 0.152. The molecule has 0 bridgehead atoms. The van der Waals surface area contributed by atoms with E-state index in [2.05, 4.69) is 80.2 Å². The van der Waals surface area contributed by atoms with Crippen LogP contribution in [0.3, 0.4) is 0 Å². The van der Waals surface area contributed by atoms with Gasteiger partial charge in [-0.1, -0.05) is 92.7 Å². The molecule has 0 aliphatic carbocycles. The molecule has 4 atom stereocenters. The van der Waals surface area contributed by atoms with Crippen LogP contribution in [-0.2, 0) is 23.8 Å². The summed E-state index contributed by atoms with van der Waals surface area (Å²) < 4.78 is 15.4. The number of amides is 4. The Morgan fingerprint density at radius 3 is 1.95 bits per heavy atom. The van der Waals surface area contributed by atoms with Crippen LogP contribution >= 0.6 is 0 Å². The summed E-state index contributed by atoms with van der Waals surface area (Å²) in [6, 6.07) is 27.7. The molecule has 2 saturated heterocycles. The molecule has 0 radical (unpaired) electrons. The lowest BCUT2D eigenvalue weighted by atomic mass is 9.98. The summed E-state index contributed by atoms with van der Waals surface area (Å²) in [6.07, 6.45) is 3.81. The van der Waals surface area contributed by atoms with Crippen molar-refractivity contribution in [2.24, 2.45) is 5.92 Å². The Labute approximate surface area is 359 Å². The van der Waals surface area contributed by atoms with Crippen LogP contribution in [0.2, 0.25) is 0 Å². The van der Waals surface area contributed by atoms with Crippen molar-refractivity contribution in [3.05, 3.63) is 121 Å². The number of likely N-dealkylation sites (tertiary alicyclic amines) is 1. The van der Waals surface area contributed by atoms with Gasteiger partial charge in [0.25, 0.3) is 5.91 Å². The van der Waals surface area contributed by atoms with E-state index in [0.29, 0.717) is 36.9 Å². The number of carbonyl (C=O) groups is 4. The van der Waals surface area contributed by atoms with Crippen molar-refractivity contribution in [1.29, 1.82) is 0 Å². The zero-order valence-electron chi connectivity index (χ0n) is 35.1. The van der Waals surface area contributed by atoms with Crippen LogP contribution in [0.15, 0.2) is 103 Å². The number of methoxy groups -OCH3 is 2. The van der Waals surface area contributed by atoms with E-state index in [9.17, 15) is 19.2 Å². The second kappa shape index (κ2) is 18.3. The Bertz CT molecular complexity index is 2550. The number of hydrogen-bond acceptors (Lipinski definition) is 9. The fourth-order valence-electron chi connectivity index (χ4n) is 8.30. The van der Waals surface area contributed by atoms with Crippen LogP contribution < -0.4 is 10.6 Å². The first kappa shape index (κ1) is 41.7. The Hall–Kier alpha value is -7.00. The van der Waals surface area contributed by atoms with Crippen molar-refractivity contribution in [3.63, 3.8) is 0 Å². The van der Waals surface area contributed by atoms with E-state index in [1.54, 1.807) is 22.2 Å². The number of imidazole rings is 2. The van der Waals surface area contributed by atoms with Gasteiger partial charge in [-0.15, -0.1) is 0 Å². The third-order valence-electron chi connectivity index (χ3n) is 11.7. The fourth-order valence-corrected chi connectivity index (χ4v) is 8.30. The van der Waals surface area contributed by atoms with Gasteiger partial charge < -0.3 is 44.6 Å². The summed E-state index contributed by atoms with van der Waals surface area (Å²) in [4.78, 5) is 71.7. The van der Waals surface area contributed by atoms with Crippen LogP contribution in [0.1, 0.15) is 62.0 Å². The lowest BCUT2D eigenvalue weighted by Crippen LogP contribution is -2.54. The summed E-state index contributed by atoms with van der Waals surface area (Å²) in [5, 5.41) is 7.54. The molecule has 4 unspecified atom stereocenters. The number of H-pyrrole nitrogens is 2. The molecule has 2 aliphatic heterocycles. The second-order valence-corrected chi connectivity index (χ2v) is 15.9. The Kier molecular flexibility index (Phi) is 12.3. The number of morpholine rings is 1. The summed E-state index contributed by atoms with van der Waals surface area (Å²) in [5.74, 6) is 0.727. The molecular weight excluding hydrogens is 789 g/mol. The third-order valence-corrected chi connectivity index (χ3v) is 11.7. The number of alkyl carbamates (subject to hydrolysis) is 2. The van der Waals surface area contributed by atoms with Crippen LogP contribution in [0, 0.1) is 5.92 Å². The number of aromatic amines is 2. The van der Waals surface area contributed by atoms with Crippen LogP contribution in [-0.4, -0.2) is 100 Å². The highest BCUT2D eigenvalue weighted by atomic mass is 16.5. The number of ether oxygens (including phenoxy) is 3. The number of fused-ring (bicyclic) bond motifs is 1. The molecule has 62 heavy (non-hydrogen) atoms. The first-order chi connectivity index (χ1) is 30.1. The normalized spacial score (nSPS) is 17.4. The van der Waals surface area contributed by atoms with Crippen LogP contribution in [0.25, 0.3) is 44.4 Å². The first-order valence-corrected chi connectivity index (χ1v) is 20.8. The minimum Gasteiger partial charge on any atom is -0.453 e. The second-order valence-electron chi connectivity index (χ2n) is 15.9. The molecule has 4 N–H and O–H groups in total. The molecule has 6 aromatic rings. The number of aromatic nitrogens is 4. The standard InChI is InChI=1S/C47H50N8O7/c1-28(2)40(52-46(58)60-3)44(56)55-21-22-62-27-39(55)43-49-26-37(51-43)35-19-18-33-23-32(16-17-34(33)24-35)29-12-14-30(15-13-29)36-25-48-42(50-36)38-11-8-20-54(38)45(57)41(53-47(59)61-4)31-9-6-5-7-10-31/h5-7,9-10,12-19,23-26,28,38-41H,8,11,20-22,27H2,1-4H3,(H,48,50)(H,49,51)(H,52,58)(H,53,59). The van der Waals surface area contributed by atoms with Gasteiger partial charge in [0.05, 0.1) is 57.3 Å².